The summed E-state index contributed by atoms with van der Waals surface area (Å²) >= 11 is 0. The molecule has 0 atom stereocenters. The minimum absolute atomic E-state index is 0.229. The quantitative estimate of drug-likeness (QED) is 0.610. The van der Waals surface area contributed by atoms with E-state index in [4.69, 9.17) is 4.74 Å². The van der Waals surface area contributed by atoms with Crippen LogP contribution in [0.5, 0.6) is 5.75 Å². The van der Waals surface area contributed by atoms with Crippen molar-refractivity contribution in [1.29, 1.82) is 0 Å². The summed E-state index contributed by atoms with van der Waals surface area (Å²) in [6, 6.07) is 7.02. The molecule has 0 N–H and O–H groups in total. The standard InChI is InChI=1S/C19H26F2O2/c1-22-14-2-3-15-4-6-16(7-5-15)8-9-17-10-12-18(13-11-17)23-19(20)21/h2-3,10-13,15-16,19H,4-9,14H2,1H3/b3-2+/t15-,16-. The first-order valence-corrected chi connectivity index (χ1v) is 8.36. The van der Waals surface area contributed by atoms with Gasteiger partial charge in [-0.2, -0.15) is 8.78 Å². The molecule has 0 heterocycles. The first kappa shape index (κ1) is 17.9. The second-order valence-electron chi connectivity index (χ2n) is 6.23. The minimum Gasteiger partial charge on any atom is -0.435 e. The Balaban J connectivity index is 1.69. The predicted octanol–water partition coefficient (Wildman–Crippen LogP) is 5.23. The van der Waals surface area contributed by atoms with E-state index in [1.165, 1.54) is 37.7 Å². The van der Waals surface area contributed by atoms with Crippen molar-refractivity contribution in [1.82, 2.24) is 0 Å². The van der Waals surface area contributed by atoms with Crippen LogP contribution in [-0.2, 0) is 11.2 Å². The summed E-state index contributed by atoms with van der Waals surface area (Å²) in [6.45, 7) is -2.06. The first-order chi connectivity index (χ1) is 11.2. The molecule has 1 aliphatic rings. The van der Waals surface area contributed by atoms with E-state index in [-0.39, 0.29) is 5.75 Å². The van der Waals surface area contributed by atoms with Crippen molar-refractivity contribution in [2.24, 2.45) is 11.8 Å². The number of benzene rings is 1. The highest BCUT2D eigenvalue weighted by Gasteiger charge is 2.19. The molecule has 0 aromatic heterocycles. The maximum atomic E-state index is 12.1. The average Bonchev–Trinajstić information content (AvgIpc) is 2.55. The lowest BCUT2D eigenvalue weighted by molar-refractivity contribution is -0.0498. The van der Waals surface area contributed by atoms with Gasteiger partial charge in [0.2, 0.25) is 0 Å². The molecule has 1 aromatic rings. The summed E-state index contributed by atoms with van der Waals surface area (Å²) in [7, 11) is 1.72. The highest BCUT2D eigenvalue weighted by atomic mass is 19.3. The van der Waals surface area contributed by atoms with Crippen LogP contribution in [0.1, 0.15) is 37.7 Å². The van der Waals surface area contributed by atoms with Crippen molar-refractivity contribution in [2.75, 3.05) is 13.7 Å². The number of alkyl halides is 2. The summed E-state index contributed by atoms with van der Waals surface area (Å²) in [6.07, 6.45) is 11.6. The van der Waals surface area contributed by atoms with Crippen LogP contribution < -0.4 is 4.74 Å². The monoisotopic (exact) mass is 324 g/mol. The molecule has 2 rings (SSSR count). The summed E-state index contributed by atoms with van der Waals surface area (Å²) in [5.41, 5.74) is 1.19. The lowest BCUT2D eigenvalue weighted by Crippen LogP contribution is -2.14. The zero-order valence-electron chi connectivity index (χ0n) is 13.7. The normalized spacial score (nSPS) is 21.9. The molecular formula is C19H26F2O2. The molecule has 0 aliphatic heterocycles. The van der Waals surface area contributed by atoms with Gasteiger partial charge in [0.05, 0.1) is 6.61 Å². The van der Waals surface area contributed by atoms with E-state index in [1.807, 2.05) is 12.1 Å². The molecule has 4 heteroatoms. The predicted molar refractivity (Wildman–Crippen MR) is 87.9 cm³/mol. The molecule has 1 aromatic carbocycles. The van der Waals surface area contributed by atoms with E-state index in [1.54, 1.807) is 19.2 Å². The molecule has 1 fully saturated rings. The van der Waals surface area contributed by atoms with E-state index < -0.39 is 6.61 Å². The lowest BCUT2D eigenvalue weighted by Gasteiger charge is -2.26. The van der Waals surface area contributed by atoms with Crippen LogP contribution in [0, 0.1) is 11.8 Å². The maximum absolute atomic E-state index is 12.1. The summed E-state index contributed by atoms with van der Waals surface area (Å²) in [5.74, 6) is 1.71. The van der Waals surface area contributed by atoms with E-state index in [9.17, 15) is 8.78 Å². The number of methoxy groups -OCH3 is 1. The van der Waals surface area contributed by atoms with Gasteiger partial charge < -0.3 is 9.47 Å². The number of halogens is 2. The van der Waals surface area contributed by atoms with E-state index in [0.29, 0.717) is 12.5 Å². The Bertz CT molecular complexity index is 463. The van der Waals surface area contributed by atoms with Crippen LogP contribution in [0.4, 0.5) is 8.78 Å². The molecule has 0 saturated heterocycles. The molecule has 1 aliphatic carbocycles. The van der Waals surface area contributed by atoms with Gasteiger partial charge in [0.15, 0.2) is 0 Å². The number of hydrogen-bond acceptors (Lipinski definition) is 2. The first-order valence-electron chi connectivity index (χ1n) is 8.36. The smallest absolute Gasteiger partial charge is 0.387 e. The second-order valence-corrected chi connectivity index (χ2v) is 6.23. The van der Waals surface area contributed by atoms with E-state index >= 15 is 0 Å². The number of rotatable bonds is 8. The molecular weight excluding hydrogens is 298 g/mol. The Kier molecular flexibility index (Phi) is 7.53. The summed E-state index contributed by atoms with van der Waals surface area (Å²) in [5, 5.41) is 0. The minimum atomic E-state index is -2.76. The molecule has 0 spiro atoms. The van der Waals surface area contributed by atoms with Crippen molar-refractivity contribution in [3.63, 3.8) is 0 Å². The fourth-order valence-electron chi connectivity index (χ4n) is 3.22. The molecule has 0 amide bonds. The summed E-state index contributed by atoms with van der Waals surface area (Å²) in [4.78, 5) is 0. The number of allylic oxidation sites excluding steroid dienone is 1. The van der Waals surface area contributed by atoms with Crippen LogP contribution in [0.25, 0.3) is 0 Å². The Hall–Kier alpha value is -1.42. The molecule has 128 valence electrons. The maximum Gasteiger partial charge on any atom is 0.387 e. The van der Waals surface area contributed by atoms with Gasteiger partial charge in [0.25, 0.3) is 0 Å². The highest BCUT2D eigenvalue weighted by molar-refractivity contribution is 5.27. The van der Waals surface area contributed by atoms with E-state index in [0.717, 1.165) is 12.3 Å². The van der Waals surface area contributed by atoms with Gasteiger partial charge in [0.1, 0.15) is 5.75 Å². The number of aryl methyl sites for hydroxylation is 1. The van der Waals surface area contributed by atoms with Crippen molar-refractivity contribution in [3.8, 4) is 5.75 Å². The van der Waals surface area contributed by atoms with Gasteiger partial charge in [0, 0.05) is 7.11 Å². The Morgan fingerprint density at radius 1 is 1.13 bits per heavy atom. The number of hydrogen-bond donors (Lipinski definition) is 0. The third-order valence-corrected chi connectivity index (χ3v) is 4.55. The SMILES string of the molecule is COC/C=C/[C@H]1CC[C@H](CCc2ccc(OC(F)F)cc2)CC1. The van der Waals surface area contributed by atoms with Crippen molar-refractivity contribution in [2.45, 2.75) is 45.1 Å². The fraction of sp³-hybridized carbons (Fsp3) is 0.579. The zero-order valence-corrected chi connectivity index (χ0v) is 13.7. The lowest BCUT2D eigenvalue weighted by atomic mass is 9.79. The number of ether oxygens (including phenoxy) is 2. The second kappa shape index (κ2) is 9.66. The Labute approximate surface area is 137 Å². The van der Waals surface area contributed by atoms with Gasteiger partial charge >= 0.3 is 6.61 Å². The van der Waals surface area contributed by atoms with Crippen molar-refractivity contribution < 1.29 is 18.3 Å². The van der Waals surface area contributed by atoms with Crippen LogP contribution in [0.2, 0.25) is 0 Å². The largest absolute Gasteiger partial charge is 0.435 e. The Morgan fingerprint density at radius 2 is 1.83 bits per heavy atom. The van der Waals surface area contributed by atoms with Gasteiger partial charge in [-0.05, 0) is 68.1 Å². The van der Waals surface area contributed by atoms with Gasteiger partial charge in [-0.3, -0.25) is 0 Å². The van der Waals surface area contributed by atoms with Crippen LogP contribution in [0.15, 0.2) is 36.4 Å². The molecule has 1 saturated carbocycles. The topological polar surface area (TPSA) is 18.5 Å². The Morgan fingerprint density at radius 3 is 2.43 bits per heavy atom. The fourth-order valence-corrected chi connectivity index (χ4v) is 3.22. The van der Waals surface area contributed by atoms with Gasteiger partial charge in [-0.25, -0.2) is 0 Å². The molecule has 0 unspecified atom stereocenters. The van der Waals surface area contributed by atoms with Crippen molar-refractivity contribution >= 4 is 0 Å². The third kappa shape index (κ3) is 6.69. The molecule has 2 nitrogen and oxygen atoms in total. The average molecular weight is 324 g/mol. The molecule has 23 heavy (non-hydrogen) atoms. The van der Waals surface area contributed by atoms with Gasteiger partial charge in [-0.15, -0.1) is 0 Å². The molecule has 0 bridgehead atoms. The van der Waals surface area contributed by atoms with Crippen LogP contribution >= 0.6 is 0 Å². The third-order valence-electron chi connectivity index (χ3n) is 4.55. The van der Waals surface area contributed by atoms with E-state index in [2.05, 4.69) is 16.9 Å². The van der Waals surface area contributed by atoms with Crippen LogP contribution in [0.3, 0.4) is 0 Å². The zero-order chi connectivity index (χ0) is 16.5. The highest BCUT2D eigenvalue weighted by Crippen LogP contribution is 2.32. The molecule has 0 radical (unpaired) electrons. The van der Waals surface area contributed by atoms with Crippen molar-refractivity contribution in [3.05, 3.63) is 42.0 Å². The van der Waals surface area contributed by atoms with Crippen LogP contribution in [-0.4, -0.2) is 20.3 Å². The van der Waals surface area contributed by atoms with Gasteiger partial charge in [-0.1, -0.05) is 24.3 Å². The summed E-state index contributed by atoms with van der Waals surface area (Å²) < 4.78 is 33.6.